The number of rotatable bonds is 6. The van der Waals surface area contributed by atoms with Gasteiger partial charge in [-0.3, -0.25) is 0 Å². The summed E-state index contributed by atoms with van der Waals surface area (Å²) in [6, 6.07) is 3.61. The molecular weight excluding hydrogens is 192 g/mol. The van der Waals surface area contributed by atoms with E-state index < -0.39 is 8.32 Å². The Bertz CT molecular complexity index is 236. The predicted octanol–water partition coefficient (Wildman–Crippen LogP) is 2.86. The first-order valence-corrected chi connectivity index (χ1v) is 7.89. The van der Waals surface area contributed by atoms with Gasteiger partial charge in [-0.15, -0.1) is 0 Å². The van der Waals surface area contributed by atoms with E-state index >= 15 is 0 Å². The highest BCUT2D eigenvalue weighted by atomic mass is 28.4. The third kappa shape index (κ3) is 2.69. The Morgan fingerprint density at radius 3 is 2.29 bits per heavy atom. The summed E-state index contributed by atoms with van der Waals surface area (Å²) in [6.07, 6.45) is 5.54. The van der Waals surface area contributed by atoms with E-state index in [-0.39, 0.29) is 0 Å². The Kier molecular flexibility index (Phi) is 4.35. The van der Waals surface area contributed by atoms with Crippen molar-refractivity contribution in [1.82, 2.24) is 9.55 Å². The van der Waals surface area contributed by atoms with Crippen molar-refractivity contribution in [3.8, 4) is 0 Å². The smallest absolute Gasteiger partial charge is 0.194 e. The molecule has 0 saturated carbocycles. The van der Waals surface area contributed by atoms with E-state index in [0.29, 0.717) is 6.73 Å². The molecule has 0 amide bonds. The van der Waals surface area contributed by atoms with Crippen molar-refractivity contribution >= 4 is 8.32 Å². The van der Waals surface area contributed by atoms with Crippen LogP contribution in [0.15, 0.2) is 18.7 Å². The van der Waals surface area contributed by atoms with Gasteiger partial charge in [0.25, 0.3) is 0 Å². The number of imidazole rings is 1. The second kappa shape index (κ2) is 5.31. The molecule has 80 valence electrons. The molecule has 0 atom stereocenters. The molecule has 0 saturated heterocycles. The number of aromatic nitrogens is 2. The third-order valence-corrected chi connectivity index (χ3v) is 7.62. The zero-order valence-electron chi connectivity index (χ0n) is 9.36. The topological polar surface area (TPSA) is 27.1 Å². The van der Waals surface area contributed by atoms with Gasteiger partial charge in [0.1, 0.15) is 6.73 Å². The molecule has 4 heteroatoms. The van der Waals surface area contributed by atoms with E-state index in [1.165, 1.54) is 18.1 Å². The fourth-order valence-corrected chi connectivity index (χ4v) is 4.17. The molecule has 14 heavy (non-hydrogen) atoms. The largest absolute Gasteiger partial charge is 0.399 e. The van der Waals surface area contributed by atoms with Crippen LogP contribution in [0.1, 0.15) is 20.8 Å². The maximum atomic E-state index is 6.08. The second-order valence-electron chi connectivity index (χ2n) is 3.59. The molecule has 3 nitrogen and oxygen atoms in total. The minimum atomic E-state index is -1.42. The summed E-state index contributed by atoms with van der Waals surface area (Å²) >= 11 is 0. The van der Waals surface area contributed by atoms with E-state index in [1.807, 2.05) is 10.8 Å². The van der Waals surface area contributed by atoms with Gasteiger partial charge in [0, 0.05) is 12.4 Å². The molecule has 0 radical (unpaired) electrons. The fraction of sp³-hybridized carbons (Fsp3) is 0.700. The van der Waals surface area contributed by atoms with Crippen LogP contribution in [0.3, 0.4) is 0 Å². The maximum Gasteiger partial charge on any atom is 0.194 e. The summed E-state index contributed by atoms with van der Waals surface area (Å²) in [6.45, 7) is 7.40. The van der Waals surface area contributed by atoms with Crippen LogP contribution in [-0.4, -0.2) is 17.9 Å². The summed E-state index contributed by atoms with van der Waals surface area (Å²) in [5.41, 5.74) is 0. The number of hydrogen-bond donors (Lipinski definition) is 0. The van der Waals surface area contributed by atoms with Crippen molar-refractivity contribution in [2.24, 2.45) is 0 Å². The maximum absolute atomic E-state index is 6.08. The number of nitrogens with zero attached hydrogens (tertiary/aromatic N) is 2. The van der Waals surface area contributed by atoms with Crippen LogP contribution < -0.4 is 0 Å². The summed E-state index contributed by atoms with van der Waals surface area (Å²) in [7, 11) is -1.42. The zero-order valence-corrected chi connectivity index (χ0v) is 10.4. The molecule has 0 fully saturated rings. The highest BCUT2D eigenvalue weighted by Crippen LogP contribution is 2.21. The highest BCUT2D eigenvalue weighted by molar-refractivity contribution is 6.73. The van der Waals surface area contributed by atoms with Crippen LogP contribution in [0.4, 0.5) is 0 Å². The van der Waals surface area contributed by atoms with E-state index in [2.05, 4.69) is 25.8 Å². The van der Waals surface area contributed by atoms with Gasteiger partial charge >= 0.3 is 0 Å². The third-order valence-electron chi connectivity index (χ3n) is 3.01. The molecule has 0 unspecified atom stereocenters. The van der Waals surface area contributed by atoms with Crippen LogP contribution in [0, 0.1) is 0 Å². The molecule has 0 N–H and O–H groups in total. The van der Waals surface area contributed by atoms with Crippen molar-refractivity contribution in [3.05, 3.63) is 18.7 Å². The Morgan fingerprint density at radius 1 is 1.21 bits per heavy atom. The van der Waals surface area contributed by atoms with Crippen LogP contribution in [0.5, 0.6) is 0 Å². The van der Waals surface area contributed by atoms with Gasteiger partial charge < -0.3 is 8.99 Å². The lowest BCUT2D eigenvalue weighted by atomic mass is 10.9. The minimum Gasteiger partial charge on any atom is -0.399 e. The summed E-state index contributed by atoms with van der Waals surface area (Å²) in [5.74, 6) is 0. The van der Waals surface area contributed by atoms with Crippen molar-refractivity contribution < 1.29 is 4.43 Å². The average Bonchev–Trinajstić information content (AvgIpc) is 2.74. The lowest BCUT2D eigenvalue weighted by molar-refractivity contribution is 0.220. The van der Waals surface area contributed by atoms with E-state index in [0.717, 1.165) is 0 Å². The monoisotopic (exact) mass is 212 g/mol. The van der Waals surface area contributed by atoms with Crippen molar-refractivity contribution in [1.29, 1.82) is 0 Å². The highest BCUT2D eigenvalue weighted by Gasteiger charge is 2.28. The van der Waals surface area contributed by atoms with Gasteiger partial charge in [-0.25, -0.2) is 4.98 Å². The number of hydrogen-bond acceptors (Lipinski definition) is 2. The fourth-order valence-electron chi connectivity index (χ4n) is 1.63. The van der Waals surface area contributed by atoms with E-state index in [4.69, 9.17) is 4.43 Å². The first-order valence-electron chi connectivity index (χ1n) is 5.36. The van der Waals surface area contributed by atoms with Crippen molar-refractivity contribution in [2.45, 2.75) is 45.6 Å². The Labute approximate surface area is 87.2 Å². The molecule has 0 aliphatic rings. The van der Waals surface area contributed by atoms with Crippen LogP contribution >= 0.6 is 0 Å². The first kappa shape index (κ1) is 11.5. The van der Waals surface area contributed by atoms with Crippen LogP contribution in [0.25, 0.3) is 0 Å². The molecule has 0 aromatic carbocycles. The second-order valence-corrected chi connectivity index (χ2v) is 8.37. The molecule has 1 rings (SSSR count). The van der Waals surface area contributed by atoms with Gasteiger partial charge in [0.15, 0.2) is 8.32 Å². The quantitative estimate of drug-likeness (QED) is 0.678. The molecule has 0 spiro atoms. The lowest BCUT2D eigenvalue weighted by Gasteiger charge is -2.27. The Hall–Kier alpha value is -0.613. The van der Waals surface area contributed by atoms with Gasteiger partial charge in [-0.2, -0.15) is 0 Å². The van der Waals surface area contributed by atoms with E-state index in [9.17, 15) is 0 Å². The average molecular weight is 212 g/mol. The van der Waals surface area contributed by atoms with Crippen molar-refractivity contribution in [3.63, 3.8) is 0 Å². The first-order chi connectivity index (χ1) is 6.76. The Balaban J connectivity index is 2.48. The standard InChI is InChI=1S/C10H20N2OSi/c1-4-14(5-2,6-3)13-10-12-8-7-11-9-12/h7-9H,4-6,10H2,1-3H3. The van der Waals surface area contributed by atoms with Crippen LogP contribution in [-0.2, 0) is 11.2 Å². The van der Waals surface area contributed by atoms with E-state index in [1.54, 1.807) is 12.5 Å². The van der Waals surface area contributed by atoms with Crippen molar-refractivity contribution in [2.75, 3.05) is 0 Å². The summed E-state index contributed by atoms with van der Waals surface area (Å²) in [4.78, 5) is 4.00. The molecule has 1 aromatic heterocycles. The summed E-state index contributed by atoms with van der Waals surface area (Å²) < 4.78 is 8.07. The molecule has 0 aliphatic carbocycles. The van der Waals surface area contributed by atoms with Crippen LogP contribution in [0.2, 0.25) is 18.1 Å². The minimum absolute atomic E-state index is 0.668. The lowest BCUT2D eigenvalue weighted by Crippen LogP contribution is -2.36. The molecule has 0 aliphatic heterocycles. The molecule has 1 aromatic rings. The zero-order chi connectivity index (χ0) is 10.4. The van der Waals surface area contributed by atoms with Gasteiger partial charge in [0.05, 0.1) is 6.33 Å². The van der Waals surface area contributed by atoms with Gasteiger partial charge in [0.2, 0.25) is 0 Å². The summed E-state index contributed by atoms with van der Waals surface area (Å²) in [5, 5.41) is 0. The Morgan fingerprint density at radius 2 is 1.86 bits per heavy atom. The molecule has 1 heterocycles. The molecular formula is C10H20N2OSi. The van der Waals surface area contributed by atoms with Gasteiger partial charge in [-0.05, 0) is 18.1 Å². The van der Waals surface area contributed by atoms with Gasteiger partial charge in [-0.1, -0.05) is 20.8 Å². The SMILES string of the molecule is CC[Si](CC)(CC)OCn1ccnc1. The normalized spacial score (nSPS) is 11.9. The predicted molar refractivity (Wildman–Crippen MR) is 60.5 cm³/mol. The molecule has 0 bridgehead atoms.